The van der Waals surface area contributed by atoms with Crippen LogP contribution in [0.5, 0.6) is 5.75 Å². The molecule has 1 N–H and O–H groups in total. The molecule has 0 atom stereocenters. The van der Waals surface area contributed by atoms with Crippen molar-refractivity contribution < 1.29 is 4.74 Å². The van der Waals surface area contributed by atoms with Crippen LogP contribution in [0.1, 0.15) is 5.69 Å². The van der Waals surface area contributed by atoms with Gasteiger partial charge in [-0.15, -0.1) is 0 Å². The van der Waals surface area contributed by atoms with Crippen molar-refractivity contribution in [1.82, 2.24) is 9.88 Å². The largest absolute Gasteiger partial charge is 0.495 e. The number of nitrogens with zero attached hydrogens (tertiary/aromatic N) is 1. The lowest BCUT2D eigenvalue weighted by Crippen LogP contribution is -2.08. The summed E-state index contributed by atoms with van der Waals surface area (Å²) in [5, 5.41) is 4.39. The number of aryl methyl sites for hydroxylation is 1. The number of rotatable bonds is 3. The molecule has 0 unspecified atom stereocenters. The Balaban J connectivity index is 2.65. The second kappa shape index (κ2) is 3.95. The fourth-order valence-corrected chi connectivity index (χ4v) is 1.95. The Bertz CT molecular complexity index is 474. The number of hydrogen-bond donors (Lipinski definition) is 1. The second-order valence-electron chi connectivity index (χ2n) is 3.62. The number of para-hydroxylation sites is 1. The zero-order chi connectivity index (χ0) is 10.8. The maximum absolute atomic E-state index is 5.36. The molecule has 0 radical (unpaired) electrons. The van der Waals surface area contributed by atoms with Gasteiger partial charge in [0.25, 0.3) is 0 Å². The molecule has 2 rings (SSSR count). The lowest BCUT2D eigenvalue weighted by Gasteiger charge is -2.06. The molecule has 1 heterocycles. The molecule has 0 aliphatic carbocycles. The summed E-state index contributed by atoms with van der Waals surface area (Å²) >= 11 is 0. The zero-order valence-corrected chi connectivity index (χ0v) is 9.37. The maximum atomic E-state index is 5.36. The van der Waals surface area contributed by atoms with Gasteiger partial charge in [0, 0.05) is 24.7 Å². The number of methoxy groups -OCH3 is 1. The molecule has 3 nitrogen and oxygen atoms in total. The molecule has 3 heteroatoms. The van der Waals surface area contributed by atoms with Crippen molar-refractivity contribution in [2.24, 2.45) is 7.05 Å². The molecule has 0 saturated heterocycles. The van der Waals surface area contributed by atoms with E-state index in [4.69, 9.17) is 4.74 Å². The highest BCUT2D eigenvalue weighted by Crippen LogP contribution is 2.27. The van der Waals surface area contributed by atoms with E-state index >= 15 is 0 Å². The molecule has 0 aliphatic rings. The van der Waals surface area contributed by atoms with Crippen molar-refractivity contribution in [3.63, 3.8) is 0 Å². The predicted molar refractivity (Wildman–Crippen MR) is 62.2 cm³/mol. The quantitative estimate of drug-likeness (QED) is 0.826. The molecule has 0 aliphatic heterocycles. The standard InChI is InChI=1S/C12H16N2O/c1-13-8-10-7-9-5-4-6-11(15-3)12(9)14(10)2/h4-7,13H,8H2,1-3H3. The molecule has 1 aromatic carbocycles. The van der Waals surface area contributed by atoms with Crippen LogP contribution >= 0.6 is 0 Å². The molecule has 0 bridgehead atoms. The van der Waals surface area contributed by atoms with E-state index in [0.717, 1.165) is 17.8 Å². The van der Waals surface area contributed by atoms with Gasteiger partial charge in [-0.1, -0.05) is 12.1 Å². The third-order valence-corrected chi connectivity index (χ3v) is 2.70. The van der Waals surface area contributed by atoms with Crippen LogP contribution in [-0.4, -0.2) is 18.7 Å². The van der Waals surface area contributed by atoms with Crippen LogP contribution in [0, 0.1) is 0 Å². The topological polar surface area (TPSA) is 26.2 Å². The van der Waals surface area contributed by atoms with Crippen molar-refractivity contribution in [3.05, 3.63) is 30.0 Å². The van der Waals surface area contributed by atoms with Crippen LogP contribution in [0.4, 0.5) is 0 Å². The molecular weight excluding hydrogens is 188 g/mol. The summed E-state index contributed by atoms with van der Waals surface area (Å²) < 4.78 is 7.53. The number of aromatic nitrogens is 1. The molecule has 0 spiro atoms. The summed E-state index contributed by atoms with van der Waals surface area (Å²) in [5.74, 6) is 0.928. The average molecular weight is 204 g/mol. The first kappa shape index (κ1) is 10.1. The van der Waals surface area contributed by atoms with Crippen LogP contribution in [0.2, 0.25) is 0 Å². The van der Waals surface area contributed by atoms with Crippen LogP contribution < -0.4 is 10.1 Å². The lowest BCUT2D eigenvalue weighted by atomic mass is 10.2. The minimum atomic E-state index is 0.869. The van der Waals surface area contributed by atoms with Gasteiger partial charge in [-0.25, -0.2) is 0 Å². The van der Waals surface area contributed by atoms with Gasteiger partial charge >= 0.3 is 0 Å². The van der Waals surface area contributed by atoms with E-state index in [1.54, 1.807) is 7.11 Å². The fraction of sp³-hybridized carbons (Fsp3) is 0.333. The van der Waals surface area contributed by atoms with Crippen LogP contribution in [0.15, 0.2) is 24.3 Å². The highest BCUT2D eigenvalue weighted by atomic mass is 16.5. The summed E-state index contributed by atoms with van der Waals surface area (Å²) in [7, 11) is 5.73. The Hall–Kier alpha value is -1.48. The smallest absolute Gasteiger partial charge is 0.143 e. The molecule has 0 saturated carbocycles. The number of fused-ring (bicyclic) bond motifs is 1. The van der Waals surface area contributed by atoms with Crippen molar-refractivity contribution in [2.75, 3.05) is 14.2 Å². The van der Waals surface area contributed by atoms with Gasteiger partial charge in [-0.05, 0) is 19.2 Å². The van der Waals surface area contributed by atoms with Gasteiger partial charge in [-0.2, -0.15) is 0 Å². The number of benzene rings is 1. The molecule has 80 valence electrons. The van der Waals surface area contributed by atoms with Gasteiger partial charge in [0.05, 0.1) is 12.6 Å². The van der Waals surface area contributed by atoms with Gasteiger partial charge in [-0.3, -0.25) is 0 Å². The van der Waals surface area contributed by atoms with Crippen LogP contribution in [0.25, 0.3) is 10.9 Å². The molecule has 15 heavy (non-hydrogen) atoms. The summed E-state index contributed by atoms with van der Waals surface area (Å²) in [6, 6.07) is 8.31. The number of nitrogens with one attached hydrogen (secondary N) is 1. The van der Waals surface area contributed by atoms with E-state index in [1.165, 1.54) is 11.1 Å². The number of hydrogen-bond acceptors (Lipinski definition) is 2. The maximum Gasteiger partial charge on any atom is 0.143 e. The minimum Gasteiger partial charge on any atom is -0.495 e. The Kier molecular flexibility index (Phi) is 2.64. The first-order valence-corrected chi connectivity index (χ1v) is 5.04. The van der Waals surface area contributed by atoms with Gasteiger partial charge in [0.15, 0.2) is 0 Å². The summed E-state index contributed by atoms with van der Waals surface area (Å²) in [4.78, 5) is 0. The zero-order valence-electron chi connectivity index (χ0n) is 9.37. The molecule has 2 aromatic rings. The van der Waals surface area contributed by atoms with E-state index in [2.05, 4.69) is 29.1 Å². The van der Waals surface area contributed by atoms with Gasteiger partial charge in [0.1, 0.15) is 5.75 Å². The normalized spacial score (nSPS) is 10.9. The Morgan fingerprint density at radius 3 is 2.87 bits per heavy atom. The third kappa shape index (κ3) is 1.59. The van der Waals surface area contributed by atoms with E-state index in [-0.39, 0.29) is 0 Å². The molecule has 0 fully saturated rings. The third-order valence-electron chi connectivity index (χ3n) is 2.70. The van der Waals surface area contributed by atoms with E-state index in [9.17, 15) is 0 Å². The summed E-state index contributed by atoms with van der Waals surface area (Å²) in [6.07, 6.45) is 0. The highest BCUT2D eigenvalue weighted by molar-refractivity contribution is 5.86. The monoisotopic (exact) mass is 204 g/mol. The van der Waals surface area contributed by atoms with Crippen molar-refractivity contribution in [3.8, 4) is 5.75 Å². The van der Waals surface area contributed by atoms with Crippen molar-refractivity contribution >= 4 is 10.9 Å². The Labute approximate surface area is 89.7 Å². The number of ether oxygens (including phenoxy) is 1. The van der Waals surface area contributed by atoms with Crippen LogP contribution in [-0.2, 0) is 13.6 Å². The summed E-state index contributed by atoms with van der Waals surface area (Å²) in [5.41, 5.74) is 2.42. The van der Waals surface area contributed by atoms with Crippen molar-refractivity contribution in [1.29, 1.82) is 0 Å². The van der Waals surface area contributed by atoms with Gasteiger partial charge in [0.2, 0.25) is 0 Å². The van der Waals surface area contributed by atoms with E-state index < -0.39 is 0 Å². The van der Waals surface area contributed by atoms with Crippen molar-refractivity contribution in [2.45, 2.75) is 6.54 Å². The SMILES string of the molecule is CNCc1cc2cccc(OC)c2n1C. The molecule has 1 aromatic heterocycles. The summed E-state index contributed by atoms with van der Waals surface area (Å²) in [6.45, 7) is 0.869. The fourth-order valence-electron chi connectivity index (χ4n) is 1.95. The Morgan fingerprint density at radius 2 is 2.20 bits per heavy atom. The average Bonchev–Trinajstić information content (AvgIpc) is 2.57. The molecular formula is C12H16N2O. The lowest BCUT2D eigenvalue weighted by molar-refractivity contribution is 0.417. The van der Waals surface area contributed by atoms with E-state index in [1.807, 2.05) is 19.2 Å². The van der Waals surface area contributed by atoms with Gasteiger partial charge < -0.3 is 14.6 Å². The highest BCUT2D eigenvalue weighted by Gasteiger charge is 2.08. The van der Waals surface area contributed by atoms with Crippen LogP contribution in [0.3, 0.4) is 0 Å². The first-order chi connectivity index (χ1) is 7.27. The van der Waals surface area contributed by atoms with E-state index in [0.29, 0.717) is 0 Å². The molecule has 0 amide bonds. The predicted octanol–water partition coefficient (Wildman–Crippen LogP) is 1.91. The second-order valence-corrected chi connectivity index (χ2v) is 3.62. The Morgan fingerprint density at radius 1 is 1.40 bits per heavy atom. The first-order valence-electron chi connectivity index (χ1n) is 5.04. The minimum absolute atomic E-state index is 0.869.